The number of likely N-dealkylation sites (tertiary alicyclic amines) is 1. The van der Waals surface area contributed by atoms with Gasteiger partial charge in [0, 0.05) is 13.1 Å². The van der Waals surface area contributed by atoms with E-state index in [-0.39, 0.29) is 24.1 Å². The van der Waals surface area contributed by atoms with Crippen LogP contribution in [0.3, 0.4) is 0 Å². The molecule has 0 saturated carbocycles. The Morgan fingerprint density at radius 2 is 1.97 bits per heavy atom. The van der Waals surface area contributed by atoms with Crippen LogP contribution in [0.4, 0.5) is 5.69 Å². The van der Waals surface area contributed by atoms with Crippen LogP contribution in [0.25, 0.3) is 6.08 Å². The average molecular weight is 457 g/mol. The maximum atomic E-state index is 13.2. The molecule has 7 heteroatoms. The molecule has 2 heterocycles. The first kappa shape index (κ1) is 19.5. The van der Waals surface area contributed by atoms with Gasteiger partial charge in [0.1, 0.15) is 12.3 Å². The summed E-state index contributed by atoms with van der Waals surface area (Å²) >= 11 is 3.45. The summed E-state index contributed by atoms with van der Waals surface area (Å²) in [6.07, 6.45) is 3.70. The zero-order chi connectivity index (χ0) is 20.4. The van der Waals surface area contributed by atoms with Gasteiger partial charge in [-0.2, -0.15) is 0 Å². The number of hydrogen-bond donors (Lipinski definition) is 0. The Morgan fingerprint density at radius 3 is 2.69 bits per heavy atom. The molecular formula is C22H21BrN2O4. The van der Waals surface area contributed by atoms with Crippen LogP contribution in [-0.2, 0) is 9.59 Å². The maximum absolute atomic E-state index is 13.2. The van der Waals surface area contributed by atoms with E-state index >= 15 is 0 Å². The first-order chi connectivity index (χ1) is 14.1. The number of benzene rings is 2. The summed E-state index contributed by atoms with van der Waals surface area (Å²) < 4.78 is 11.9. The summed E-state index contributed by atoms with van der Waals surface area (Å²) in [6.45, 7) is 1.51. The van der Waals surface area contributed by atoms with Crippen molar-refractivity contribution in [3.8, 4) is 11.5 Å². The van der Waals surface area contributed by atoms with E-state index in [1.54, 1.807) is 25.3 Å². The monoisotopic (exact) mass is 456 g/mol. The van der Waals surface area contributed by atoms with Crippen LogP contribution in [0, 0.1) is 0 Å². The lowest BCUT2D eigenvalue weighted by Gasteiger charge is -2.31. The number of anilines is 1. The number of nitrogens with zero attached hydrogens (tertiary/aromatic N) is 2. The molecule has 29 heavy (non-hydrogen) atoms. The Hall–Kier alpha value is -2.80. The van der Waals surface area contributed by atoms with E-state index in [1.807, 2.05) is 35.2 Å². The highest BCUT2D eigenvalue weighted by Crippen LogP contribution is 2.36. The summed E-state index contributed by atoms with van der Waals surface area (Å²) in [5.74, 6) is 1.06. The lowest BCUT2D eigenvalue weighted by Crippen LogP contribution is -2.45. The van der Waals surface area contributed by atoms with Crippen LogP contribution >= 0.6 is 15.9 Å². The van der Waals surface area contributed by atoms with Gasteiger partial charge in [0.25, 0.3) is 5.91 Å². The normalized spacial score (nSPS) is 17.3. The molecule has 2 aliphatic heterocycles. The molecular weight excluding hydrogens is 436 g/mol. The molecule has 150 valence electrons. The van der Waals surface area contributed by atoms with Crippen molar-refractivity contribution < 1.29 is 19.1 Å². The van der Waals surface area contributed by atoms with Crippen molar-refractivity contribution in [1.82, 2.24) is 4.90 Å². The van der Waals surface area contributed by atoms with Crippen molar-refractivity contribution in [3.05, 3.63) is 58.3 Å². The van der Waals surface area contributed by atoms with Crippen molar-refractivity contribution >= 4 is 39.5 Å². The SMILES string of the molecule is COc1ccc(C=C2Oc3ccccc3N(CC(=O)N3CCCC3)C2=O)cc1Br. The molecule has 1 fully saturated rings. The quantitative estimate of drug-likeness (QED) is 0.655. The van der Waals surface area contributed by atoms with Gasteiger partial charge in [-0.25, -0.2) is 0 Å². The molecule has 2 aromatic carbocycles. The molecule has 0 aliphatic carbocycles. The largest absolute Gasteiger partial charge is 0.496 e. The smallest absolute Gasteiger partial charge is 0.294 e. The summed E-state index contributed by atoms with van der Waals surface area (Å²) in [5.41, 5.74) is 1.39. The standard InChI is InChI=1S/C22H21BrN2O4/c1-28-18-9-8-15(12-16(18)23)13-20-22(27)25(14-21(26)24-10-4-5-11-24)17-6-2-3-7-19(17)29-20/h2-3,6-9,12-13H,4-5,10-11,14H2,1H3. The van der Waals surface area contributed by atoms with Gasteiger partial charge in [-0.3, -0.25) is 14.5 Å². The third-order valence-corrected chi connectivity index (χ3v) is 5.68. The lowest BCUT2D eigenvalue weighted by atomic mass is 10.1. The Kier molecular flexibility index (Phi) is 5.58. The molecule has 0 radical (unpaired) electrons. The van der Waals surface area contributed by atoms with E-state index in [2.05, 4.69) is 15.9 Å². The Balaban J connectivity index is 1.65. The summed E-state index contributed by atoms with van der Waals surface area (Å²) in [5, 5.41) is 0. The van der Waals surface area contributed by atoms with Crippen molar-refractivity contribution in [2.45, 2.75) is 12.8 Å². The number of hydrogen-bond acceptors (Lipinski definition) is 4. The Labute approximate surface area is 177 Å². The fraction of sp³-hybridized carbons (Fsp3) is 0.273. The number of rotatable bonds is 4. The third-order valence-electron chi connectivity index (χ3n) is 5.06. The van der Waals surface area contributed by atoms with Crippen molar-refractivity contribution in [1.29, 1.82) is 0 Å². The van der Waals surface area contributed by atoms with Gasteiger partial charge in [-0.15, -0.1) is 0 Å². The second-order valence-corrected chi connectivity index (χ2v) is 7.81. The second-order valence-electron chi connectivity index (χ2n) is 6.95. The van der Waals surface area contributed by atoms with Crippen LogP contribution in [0.2, 0.25) is 0 Å². The highest BCUT2D eigenvalue weighted by Gasteiger charge is 2.33. The van der Waals surface area contributed by atoms with Crippen LogP contribution in [0.1, 0.15) is 18.4 Å². The van der Waals surface area contributed by atoms with Crippen LogP contribution in [-0.4, -0.2) is 43.5 Å². The number of fused-ring (bicyclic) bond motifs is 1. The number of carbonyl (C=O) groups is 2. The highest BCUT2D eigenvalue weighted by molar-refractivity contribution is 9.10. The zero-order valence-electron chi connectivity index (χ0n) is 16.1. The van der Waals surface area contributed by atoms with Crippen molar-refractivity contribution in [3.63, 3.8) is 0 Å². The summed E-state index contributed by atoms with van der Waals surface area (Å²) in [4.78, 5) is 29.2. The molecule has 0 aromatic heterocycles. The van der Waals surface area contributed by atoms with Gasteiger partial charge >= 0.3 is 0 Å². The molecule has 4 rings (SSSR count). The predicted octanol–water partition coefficient (Wildman–Crippen LogP) is 3.85. The number of amides is 2. The van der Waals surface area contributed by atoms with E-state index in [0.29, 0.717) is 17.2 Å². The fourth-order valence-electron chi connectivity index (χ4n) is 3.54. The number of methoxy groups -OCH3 is 1. The maximum Gasteiger partial charge on any atom is 0.294 e. The fourth-order valence-corrected chi connectivity index (χ4v) is 4.10. The number of para-hydroxylation sites is 2. The third kappa shape index (κ3) is 4.00. The molecule has 0 bridgehead atoms. The lowest BCUT2D eigenvalue weighted by molar-refractivity contribution is -0.130. The van der Waals surface area contributed by atoms with Crippen molar-refractivity contribution in [2.24, 2.45) is 0 Å². The minimum Gasteiger partial charge on any atom is -0.496 e. The second kappa shape index (κ2) is 8.29. The van der Waals surface area contributed by atoms with Gasteiger partial charge in [0.2, 0.25) is 5.91 Å². The van der Waals surface area contributed by atoms with Crippen LogP contribution in [0.5, 0.6) is 11.5 Å². The minimum atomic E-state index is -0.330. The van der Waals surface area contributed by atoms with Crippen LogP contribution in [0.15, 0.2) is 52.7 Å². The van der Waals surface area contributed by atoms with E-state index < -0.39 is 0 Å². The van der Waals surface area contributed by atoms with Gasteiger partial charge < -0.3 is 14.4 Å². The predicted molar refractivity (Wildman–Crippen MR) is 114 cm³/mol. The topological polar surface area (TPSA) is 59.1 Å². The van der Waals surface area contributed by atoms with Gasteiger partial charge in [0.15, 0.2) is 11.5 Å². The van der Waals surface area contributed by atoms with Gasteiger partial charge in [-0.05, 0) is 64.7 Å². The number of halogens is 1. The van der Waals surface area contributed by atoms with Gasteiger partial charge in [0.05, 0.1) is 17.3 Å². The Morgan fingerprint density at radius 1 is 1.21 bits per heavy atom. The molecule has 0 N–H and O–H groups in total. The Bertz CT molecular complexity index is 983. The minimum absolute atomic E-state index is 0.00283. The molecule has 0 spiro atoms. The zero-order valence-corrected chi connectivity index (χ0v) is 17.6. The van der Waals surface area contributed by atoms with Crippen molar-refractivity contribution in [2.75, 3.05) is 31.6 Å². The first-order valence-corrected chi connectivity index (χ1v) is 10.3. The first-order valence-electron chi connectivity index (χ1n) is 9.48. The molecule has 2 amide bonds. The number of ether oxygens (including phenoxy) is 2. The number of carbonyl (C=O) groups excluding carboxylic acids is 2. The van der Waals surface area contributed by atoms with Gasteiger partial charge in [-0.1, -0.05) is 18.2 Å². The molecule has 0 unspecified atom stereocenters. The summed E-state index contributed by atoms with van der Waals surface area (Å²) in [6, 6.07) is 12.8. The summed E-state index contributed by atoms with van der Waals surface area (Å²) in [7, 11) is 1.60. The molecule has 2 aromatic rings. The highest BCUT2D eigenvalue weighted by atomic mass is 79.9. The molecule has 2 aliphatic rings. The van der Waals surface area contributed by atoms with E-state index in [4.69, 9.17) is 9.47 Å². The van der Waals surface area contributed by atoms with Crippen LogP contribution < -0.4 is 14.4 Å². The molecule has 1 saturated heterocycles. The van der Waals surface area contributed by atoms with E-state index in [1.165, 1.54) is 4.90 Å². The molecule has 0 atom stereocenters. The molecule has 6 nitrogen and oxygen atoms in total. The van der Waals surface area contributed by atoms with E-state index in [9.17, 15) is 9.59 Å². The average Bonchev–Trinajstić information content (AvgIpc) is 3.26. The van der Waals surface area contributed by atoms with E-state index in [0.717, 1.165) is 36.0 Å².